The van der Waals surface area contributed by atoms with Crippen molar-refractivity contribution in [2.24, 2.45) is 0 Å². The van der Waals surface area contributed by atoms with E-state index >= 15 is 0 Å². The maximum atomic E-state index is 11.1. The monoisotopic (exact) mass is 208 g/mol. The molecule has 1 aliphatic rings. The van der Waals surface area contributed by atoms with Crippen molar-refractivity contribution in [3.63, 3.8) is 0 Å². The van der Waals surface area contributed by atoms with E-state index in [1.165, 1.54) is 4.88 Å². The highest BCUT2D eigenvalue weighted by Gasteiger charge is 2.22. The van der Waals surface area contributed by atoms with Gasteiger partial charge < -0.3 is 5.32 Å². The van der Waals surface area contributed by atoms with E-state index in [9.17, 15) is 9.59 Å². The molecule has 1 aliphatic heterocycles. The third-order valence-corrected chi connectivity index (χ3v) is 2.72. The largest absolute Gasteiger partial charge is 0.326 e. The lowest BCUT2D eigenvalue weighted by atomic mass is 10.3. The molecule has 0 radical (unpaired) electrons. The zero-order valence-corrected chi connectivity index (χ0v) is 8.27. The highest BCUT2D eigenvalue weighted by atomic mass is 32.1. The Morgan fingerprint density at radius 2 is 2.07 bits per heavy atom. The van der Waals surface area contributed by atoms with Gasteiger partial charge in [-0.25, -0.2) is 4.79 Å². The fourth-order valence-electron chi connectivity index (χ4n) is 1.16. The number of hydrogen-bond acceptors (Lipinski definition) is 3. The van der Waals surface area contributed by atoms with Crippen molar-refractivity contribution >= 4 is 29.4 Å². The number of hydrogen-bond donors (Lipinski definition) is 2. The van der Waals surface area contributed by atoms with Gasteiger partial charge in [0.1, 0.15) is 5.70 Å². The van der Waals surface area contributed by atoms with Crippen LogP contribution in [0, 0.1) is 6.92 Å². The molecule has 0 aliphatic carbocycles. The summed E-state index contributed by atoms with van der Waals surface area (Å²) in [5.41, 5.74) is 0.303. The molecule has 3 amide bonds. The Balaban J connectivity index is 2.27. The minimum Gasteiger partial charge on any atom is -0.303 e. The second-order valence-corrected chi connectivity index (χ2v) is 4.23. The molecule has 0 bridgehead atoms. The smallest absolute Gasteiger partial charge is 0.303 e. The third kappa shape index (κ3) is 1.67. The number of nitrogens with one attached hydrogen (secondary N) is 2. The molecule has 1 aromatic rings. The van der Waals surface area contributed by atoms with E-state index < -0.39 is 6.03 Å². The molecular weight excluding hydrogens is 200 g/mol. The number of amides is 3. The topological polar surface area (TPSA) is 58.2 Å². The minimum atomic E-state index is -0.463. The van der Waals surface area contributed by atoms with Crippen LogP contribution in [0.2, 0.25) is 0 Å². The Bertz CT molecular complexity index is 434. The van der Waals surface area contributed by atoms with Gasteiger partial charge in [0, 0.05) is 9.75 Å². The van der Waals surface area contributed by atoms with Crippen LogP contribution in [0.25, 0.3) is 6.08 Å². The first-order valence-electron chi connectivity index (χ1n) is 4.05. The van der Waals surface area contributed by atoms with Crippen LogP contribution in [-0.4, -0.2) is 11.9 Å². The summed E-state index contributed by atoms with van der Waals surface area (Å²) < 4.78 is 0. The van der Waals surface area contributed by atoms with Gasteiger partial charge >= 0.3 is 6.03 Å². The van der Waals surface area contributed by atoms with Crippen LogP contribution in [-0.2, 0) is 4.79 Å². The van der Waals surface area contributed by atoms with Crippen LogP contribution in [0.4, 0.5) is 4.79 Å². The maximum absolute atomic E-state index is 11.1. The Hall–Kier alpha value is -1.62. The van der Waals surface area contributed by atoms with Gasteiger partial charge in [-0.05, 0) is 25.1 Å². The highest BCUT2D eigenvalue weighted by Crippen LogP contribution is 2.18. The molecule has 1 saturated heterocycles. The van der Waals surface area contributed by atoms with Gasteiger partial charge in [0.15, 0.2) is 0 Å². The predicted octanol–water partition coefficient (Wildman–Crippen LogP) is 1.24. The van der Waals surface area contributed by atoms with Crippen molar-refractivity contribution in [3.05, 3.63) is 27.6 Å². The molecule has 4 nitrogen and oxygen atoms in total. The summed E-state index contributed by atoms with van der Waals surface area (Å²) in [5, 5.41) is 4.57. The number of rotatable bonds is 1. The molecule has 0 unspecified atom stereocenters. The summed E-state index contributed by atoms with van der Waals surface area (Å²) in [5.74, 6) is -0.374. The molecule has 0 saturated carbocycles. The van der Waals surface area contributed by atoms with Crippen LogP contribution in [0.15, 0.2) is 17.8 Å². The zero-order valence-electron chi connectivity index (χ0n) is 7.46. The second-order valence-electron chi connectivity index (χ2n) is 2.91. The van der Waals surface area contributed by atoms with Crippen LogP contribution in [0.5, 0.6) is 0 Å². The highest BCUT2D eigenvalue weighted by molar-refractivity contribution is 7.12. The Kier molecular flexibility index (Phi) is 2.09. The van der Waals surface area contributed by atoms with E-state index in [0.717, 1.165) is 4.88 Å². The number of urea groups is 1. The molecule has 5 heteroatoms. The molecule has 0 atom stereocenters. The van der Waals surface area contributed by atoms with E-state index in [-0.39, 0.29) is 5.91 Å². The van der Waals surface area contributed by atoms with Crippen molar-refractivity contribution in [1.82, 2.24) is 10.6 Å². The number of aryl methyl sites for hydroxylation is 1. The summed E-state index contributed by atoms with van der Waals surface area (Å²) in [7, 11) is 0. The summed E-state index contributed by atoms with van der Waals surface area (Å²) >= 11 is 1.57. The lowest BCUT2D eigenvalue weighted by molar-refractivity contribution is -0.115. The SMILES string of the molecule is Cc1ccc(/C=C2/NC(=O)NC2=O)s1. The van der Waals surface area contributed by atoms with E-state index in [2.05, 4.69) is 10.6 Å². The van der Waals surface area contributed by atoms with Gasteiger partial charge in [0.25, 0.3) is 5.91 Å². The molecule has 2 heterocycles. The van der Waals surface area contributed by atoms with Gasteiger partial charge in [-0.2, -0.15) is 0 Å². The fourth-order valence-corrected chi connectivity index (χ4v) is 1.98. The van der Waals surface area contributed by atoms with E-state index in [4.69, 9.17) is 0 Å². The summed E-state index contributed by atoms with van der Waals surface area (Å²) in [6, 6.07) is 3.41. The number of carbonyl (C=O) groups excluding carboxylic acids is 2. The summed E-state index contributed by atoms with van der Waals surface area (Å²) in [6.45, 7) is 1.99. The third-order valence-electron chi connectivity index (χ3n) is 1.77. The molecule has 0 aromatic carbocycles. The normalized spacial score (nSPS) is 18.5. The predicted molar refractivity (Wildman–Crippen MR) is 53.7 cm³/mol. The molecular formula is C9H8N2O2S. The standard InChI is InChI=1S/C9H8N2O2S/c1-5-2-3-6(14-5)4-7-8(12)11-9(13)10-7/h2-4H,1H3,(H2,10,11,12,13)/b7-4+. The average Bonchev–Trinajstić information content (AvgIpc) is 2.61. The molecule has 14 heavy (non-hydrogen) atoms. The Labute approximate surface area is 84.6 Å². The minimum absolute atomic E-state index is 0.303. The van der Waals surface area contributed by atoms with E-state index in [1.54, 1.807) is 17.4 Å². The average molecular weight is 208 g/mol. The van der Waals surface area contributed by atoms with E-state index in [1.807, 2.05) is 19.1 Å². The molecule has 1 aromatic heterocycles. The summed E-state index contributed by atoms with van der Waals surface area (Å²) in [4.78, 5) is 24.0. The van der Waals surface area contributed by atoms with Gasteiger partial charge in [0.2, 0.25) is 0 Å². The molecule has 0 spiro atoms. The molecule has 1 fully saturated rings. The quantitative estimate of drug-likeness (QED) is 0.539. The van der Waals surface area contributed by atoms with Gasteiger partial charge in [0.05, 0.1) is 0 Å². The van der Waals surface area contributed by atoms with Crippen LogP contribution < -0.4 is 10.6 Å². The lowest BCUT2D eigenvalue weighted by Crippen LogP contribution is -2.22. The first-order chi connectivity index (χ1) is 6.65. The van der Waals surface area contributed by atoms with Crippen molar-refractivity contribution in [2.45, 2.75) is 6.92 Å². The molecule has 72 valence electrons. The first kappa shape index (κ1) is 8.96. The number of thiophene rings is 1. The van der Waals surface area contributed by atoms with Crippen LogP contribution in [0.1, 0.15) is 9.75 Å². The first-order valence-corrected chi connectivity index (χ1v) is 4.87. The lowest BCUT2D eigenvalue weighted by Gasteiger charge is -1.90. The molecule has 2 rings (SSSR count). The van der Waals surface area contributed by atoms with Crippen molar-refractivity contribution in [2.75, 3.05) is 0 Å². The zero-order chi connectivity index (χ0) is 10.1. The maximum Gasteiger partial charge on any atom is 0.326 e. The van der Waals surface area contributed by atoms with Crippen LogP contribution >= 0.6 is 11.3 Å². The number of carbonyl (C=O) groups is 2. The van der Waals surface area contributed by atoms with Gasteiger partial charge in [-0.15, -0.1) is 11.3 Å². The van der Waals surface area contributed by atoms with Crippen molar-refractivity contribution in [1.29, 1.82) is 0 Å². The van der Waals surface area contributed by atoms with Gasteiger partial charge in [-0.3, -0.25) is 10.1 Å². The van der Waals surface area contributed by atoms with E-state index in [0.29, 0.717) is 5.70 Å². The summed E-state index contributed by atoms with van der Waals surface area (Å²) in [6.07, 6.45) is 1.66. The van der Waals surface area contributed by atoms with Crippen LogP contribution in [0.3, 0.4) is 0 Å². The van der Waals surface area contributed by atoms with Crippen molar-refractivity contribution < 1.29 is 9.59 Å². The van der Waals surface area contributed by atoms with Gasteiger partial charge in [-0.1, -0.05) is 0 Å². The Morgan fingerprint density at radius 1 is 1.29 bits per heavy atom. The molecule has 2 N–H and O–H groups in total. The van der Waals surface area contributed by atoms with Crippen molar-refractivity contribution in [3.8, 4) is 0 Å². The Morgan fingerprint density at radius 3 is 2.57 bits per heavy atom. The fraction of sp³-hybridized carbons (Fsp3) is 0.111. The number of imide groups is 1. The second kappa shape index (κ2) is 3.26.